The van der Waals surface area contributed by atoms with E-state index in [-0.39, 0.29) is 22.6 Å². The number of fused-ring (bicyclic) bond motifs is 5. The largest absolute Gasteiger partial charge is 0.461 e. The molecule has 9 heteroatoms. The molecule has 39 heavy (non-hydrogen) atoms. The fraction of sp³-hybridized carbons (Fsp3) is 0.467. The average molecular weight is 531 g/mol. The summed E-state index contributed by atoms with van der Waals surface area (Å²) in [5, 5.41) is 4.79. The quantitative estimate of drug-likeness (QED) is 0.378. The van der Waals surface area contributed by atoms with Crippen LogP contribution < -0.4 is 15.0 Å². The summed E-state index contributed by atoms with van der Waals surface area (Å²) in [4.78, 5) is 17.3. The summed E-state index contributed by atoms with van der Waals surface area (Å²) in [5.41, 5.74) is 1.36. The summed E-state index contributed by atoms with van der Waals surface area (Å²) in [5.74, 6) is -0.737. The number of nitrogens with zero attached hydrogens (tertiary/aromatic N) is 4. The topological polar surface area (TPSA) is 69.3 Å². The summed E-state index contributed by atoms with van der Waals surface area (Å²) >= 11 is 0. The number of anilines is 1. The standard InChI is InChI=1S/C30H32F2N6O/c31-23-13-21-27(26(32)25(23)22-14-33-24-6-2-1-5-20(22)24)35-29(39-17-30-9-3-11-38(30)12-4-10-30)36-28(21)37-15-18-7-8-19(16-37)34-18/h1-2,5-6,13-14,18-19,33-34H,3-4,7-12,15-17H2/t18-,19+. The van der Waals surface area contributed by atoms with Crippen LogP contribution in [0.3, 0.4) is 0 Å². The molecule has 6 heterocycles. The van der Waals surface area contributed by atoms with E-state index in [1.165, 1.54) is 18.9 Å². The van der Waals surface area contributed by atoms with Gasteiger partial charge in [-0.3, -0.25) is 4.90 Å². The second kappa shape index (κ2) is 8.86. The number of aromatic amines is 1. The van der Waals surface area contributed by atoms with E-state index in [4.69, 9.17) is 9.72 Å². The van der Waals surface area contributed by atoms with Crippen molar-refractivity contribution in [3.63, 3.8) is 0 Å². The first-order valence-electron chi connectivity index (χ1n) is 14.2. The van der Waals surface area contributed by atoms with Crippen molar-refractivity contribution in [2.24, 2.45) is 0 Å². The van der Waals surface area contributed by atoms with Gasteiger partial charge in [-0.2, -0.15) is 9.97 Å². The highest BCUT2D eigenvalue weighted by Crippen LogP contribution is 2.41. The van der Waals surface area contributed by atoms with E-state index in [9.17, 15) is 0 Å². The lowest BCUT2D eigenvalue weighted by Gasteiger charge is -2.34. The van der Waals surface area contributed by atoms with Gasteiger partial charge in [0.1, 0.15) is 23.8 Å². The number of aromatic nitrogens is 3. The zero-order valence-electron chi connectivity index (χ0n) is 21.9. The van der Waals surface area contributed by atoms with Gasteiger partial charge in [0, 0.05) is 53.2 Å². The zero-order valence-corrected chi connectivity index (χ0v) is 21.9. The number of hydrogen-bond acceptors (Lipinski definition) is 6. The van der Waals surface area contributed by atoms with Crippen molar-refractivity contribution >= 4 is 27.6 Å². The maximum Gasteiger partial charge on any atom is 0.319 e. The smallest absolute Gasteiger partial charge is 0.319 e. The molecule has 2 N–H and O–H groups in total. The third kappa shape index (κ3) is 3.73. The first-order valence-corrected chi connectivity index (χ1v) is 14.2. The van der Waals surface area contributed by atoms with Crippen molar-refractivity contribution < 1.29 is 13.5 Å². The maximum absolute atomic E-state index is 16.4. The Bertz CT molecular complexity index is 1570. The van der Waals surface area contributed by atoms with Crippen LogP contribution in [0.15, 0.2) is 36.5 Å². The number of H-pyrrole nitrogens is 1. The Morgan fingerprint density at radius 1 is 1.00 bits per heavy atom. The molecule has 4 aliphatic rings. The second-order valence-electron chi connectivity index (χ2n) is 11.8. The summed E-state index contributed by atoms with van der Waals surface area (Å²) in [6, 6.07) is 9.82. The SMILES string of the molecule is Fc1cc2c(N3C[C@H]4CC[C@@H](C3)N4)nc(OCC34CCCN3CCC4)nc2c(F)c1-c1c[nH]c2ccccc12. The minimum atomic E-state index is -0.678. The first-order chi connectivity index (χ1) is 19.1. The molecule has 4 aromatic rings. The Kier molecular flexibility index (Phi) is 5.35. The molecule has 0 aliphatic carbocycles. The predicted molar refractivity (Wildman–Crippen MR) is 147 cm³/mol. The van der Waals surface area contributed by atoms with Crippen LogP contribution in [-0.4, -0.2) is 70.3 Å². The van der Waals surface area contributed by atoms with Gasteiger partial charge in [0.05, 0.1) is 11.1 Å². The van der Waals surface area contributed by atoms with E-state index in [0.717, 1.165) is 62.8 Å². The van der Waals surface area contributed by atoms with E-state index < -0.39 is 11.6 Å². The highest BCUT2D eigenvalue weighted by molar-refractivity contribution is 6.00. The van der Waals surface area contributed by atoms with E-state index >= 15 is 8.78 Å². The lowest BCUT2D eigenvalue weighted by molar-refractivity contribution is 0.108. The molecule has 4 fully saturated rings. The molecular formula is C30H32F2N6O. The normalized spacial score (nSPS) is 24.2. The first kappa shape index (κ1) is 23.6. The van der Waals surface area contributed by atoms with Crippen LogP contribution in [0.5, 0.6) is 6.01 Å². The van der Waals surface area contributed by atoms with Gasteiger partial charge in [0.25, 0.3) is 0 Å². The molecular weight excluding hydrogens is 498 g/mol. The van der Waals surface area contributed by atoms with Crippen molar-refractivity contribution in [3.8, 4) is 17.1 Å². The number of benzene rings is 2. The molecule has 0 spiro atoms. The molecule has 0 unspecified atom stereocenters. The van der Waals surface area contributed by atoms with Crippen LogP contribution in [0.2, 0.25) is 0 Å². The number of piperazine rings is 1. The van der Waals surface area contributed by atoms with Gasteiger partial charge in [0.15, 0.2) is 5.82 Å². The number of hydrogen-bond donors (Lipinski definition) is 2. The molecule has 2 bridgehead atoms. The summed E-state index contributed by atoms with van der Waals surface area (Å²) < 4.78 is 38.6. The summed E-state index contributed by atoms with van der Waals surface area (Å²) in [7, 11) is 0. The fourth-order valence-electron chi connectivity index (χ4n) is 7.62. The molecule has 0 amide bonds. The van der Waals surface area contributed by atoms with Crippen LogP contribution in [0.25, 0.3) is 32.9 Å². The maximum atomic E-state index is 16.4. The fourth-order valence-corrected chi connectivity index (χ4v) is 7.62. The predicted octanol–water partition coefficient (Wildman–Crippen LogP) is 5.00. The van der Waals surface area contributed by atoms with Gasteiger partial charge in [-0.05, 0) is 63.7 Å². The lowest BCUT2D eigenvalue weighted by atomic mass is 9.95. The van der Waals surface area contributed by atoms with Gasteiger partial charge < -0.3 is 19.9 Å². The Labute approximate surface area is 225 Å². The third-order valence-electron chi connectivity index (χ3n) is 9.50. The van der Waals surface area contributed by atoms with Crippen LogP contribution in [-0.2, 0) is 0 Å². The van der Waals surface area contributed by atoms with Crippen molar-refractivity contribution in [3.05, 3.63) is 48.2 Å². The molecule has 2 atom stereocenters. The van der Waals surface area contributed by atoms with E-state index in [2.05, 4.69) is 25.1 Å². The Hall–Kier alpha value is -3.30. The number of nitrogens with one attached hydrogen (secondary N) is 2. The Balaban J connectivity index is 1.26. The number of rotatable bonds is 5. The highest BCUT2D eigenvalue weighted by Gasteiger charge is 2.45. The molecule has 0 radical (unpaired) electrons. The minimum Gasteiger partial charge on any atom is -0.461 e. The zero-order chi connectivity index (χ0) is 26.1. The van der Waals surface area contributed by atoms with E-state index in [1.807, 2.05) is 24.3 Å². The van der Waals surface area contributed by atoms with Crippen molar-refractivity contribution in [2.45, 2.75) is 56.1 Å². The molecule has 7 nitrogen and oxygen atoms in total. The minimum absolute atomic E-state index is 0.0170. The van der Waals surface area contributed by atoms with Gasteiger partial charge in [-0.15, -0.1) is 0 Å². The second-order valence-corrected chi connectivity index (χ2v) is 11.8. The van der Waals surface area contributed by atoms with Crippen LogP contribution in [0.1, 0.15) is 38.5 Å². The Morgan fingerprint density at radius 2 is 1.77 bits per heavy atom. The van der Waals surface area contributed by atoms with Crippen molar-refractivity contribution in [2.75, 3.05) is 37.7 Å². The van der Waals surface area contributed by atoms with E-state index in [1.54, 1.807) is 6.20 Å². The third-order valence-corrected chi connectivity index (χ3v) is 9.50. The van der Waals surface area contributed by atoms with Crippen LogP contribution in [0.4, 0.5) is 14.6 Å². The molecule has 202 valence electrons. The number of ether oxygens (including phenoxy) is 1. The molecule has 8 rings (SSSR count). The Morgan fingerprint density at radius 3 is 2.56 bits per heavy atom. The van der Waals surface area contributed by atoms with Crippen LogP contribution >= 0.6 is 0 Å². The molecule has 4 aliphatic heterocycles. The number of halogens is 2. The molecule has 0 saturated carbocycles. The monoisotopic (exact) mass is 530 g/mol. The van der Waals surface area contributed by atoms with Crippen LogP contribution in [0, 0.1) is 11.6 Å². The van der Waals surface area contributed by atoms with Crippen molar-refractivity contribution in [1.29, 1.82) is 0 Å². The average Bonchev–Trinajstić information content (AvgIpc) is 3.71. The van der Waals surface area contributed by atoms with Gasteiger partial charge in [-0.25, -0.2) is 8.78 Å². The summed E-state index contributed by atoms with van der Waals surface area (Å²) in [6.45, 7) is 4.17. The molecule has 4 saturated heterocycles. The highest BCUT2D eigenvalue weighted by atomic mass is 19.1. The van der Waals surface area contributed by atoms with Gasteiger partial charge >= 0.3 is 6.01 Å². The van der Waals surface area contributed by atoms with Crippen molar-refractivity contribution in [1.82, 2.24) is 25.2 Å². The lowest BCUT2D eigenvalue weighted by Crippen LogP contribution is -2.51. The molecule has 2 aromatic carbocycles. The number of para-hydroxylation sites is 1. The van der Waals surface area contributed by atoms with Gasteiger partial charge in [-0.1, -0.05) is 18.2 Å². The van der Waals surface area contributed by atoms with Gasteiger partial charge in [0.2, 0.25) is 0 Å². The molecule has 2 aromatic heterocycles. The summed E-state index contributed by atoms with van der Waals surface area (Å²) in [6.07, 6.45) is 8.38. The van der Waals surface area contributed by atoms with E-state index in [0.29, 0.717) is 35.5 Å².